The van der Waals surface area contributed by atoms with Crippen LogP contribution in [-0.4, -0.2) is 12.5 Å². The van der Waals surface area contributed by atoms with E-state index in [9.17, 15) is 4.79 Å². The molecule has 0 aromatic heterocycles. The van der Waals surface area contributed by atoms with Gasteiger partial charge in [-0.3, -0.25) is 4.79 Å². The lowest BCUT2D eigenvalue weighted by Crippen LogP contribution is -2.31. The Hall–Kier alpha value is -2.26. The van der Waals surface area contributed by atoms with Crippen molar-refractivity contribution in [3.05, 3.63) is 70.3 Å². The Bertz CT molecular complexity index is 738. The normalized spacial score (nSPS) is 16.7. The molecule has 23 heavy (non-hydrogen) atoms. The van der Waals surface area contributed by atoms with Crippen LogP contribution in [0.15, 0.2) is 48.5 Å². The van der Waals surface area contributed by atoms with E-state index >= 15 is 0 Å². The van der Waals surface area contributed by atoms with Crippen LogP contribution in [-0.2, 0) is 4.79 Å². The smallest absolute Gasteiger partial charge is 0.244 e. The molecule has 1 atom stereocenters. The predicted octanol–water partition coefficient (Wildman–Crippen LogP) is 4.30. The monoisotopic (exact) mass is 327 g/mol. The second kappa shape index (κ2) is 6.88. The number of benzene rings is 2. The van der Waals surface area contributed by atoms with Crippen molar-refractivity contribution >= 4 is 23.6 Å². The standard InChI is InChI=1S/C19H18ClNO2/c1-13-2-8-18-16(12-13)17(10-11-23-18)21-19(22)9-5-14-3-6-15(20)7-4-14/h2-9,12,17H,10-11H2,1H3,(H,21,22)/b9-5+. The van der Waals surface area contributed by atoms with Crippen molar-refractivity contribution in [2.45, 2.75) is 19.4 Å². The molecular formula is C19H18ClNO2. The summed E-state index contributed by atoms with van der Waals surface area (Å²) < 4.78 is 5.65. The van der Waals surface area contributed by atoms with Gasteiger partial charge in [-0.15, -0.1) is 0 Å². The molecule has 1 aliphatic rings. The van der Waals surface area contributed by atoms with Gasteiger partial charge in [-0.2, -0.15) is 0 Å². The zero-order valence-corrected chi connectivity index (χ0v) is 13.6. The second-order valence-electron chi connectivity index (χ2n) is 5.62. The van der Waals surface area contributed by atoms with Crippen LogP contribution in [0.1, 0.15) is 29.2 Å². The summed E-state index contributed by atoms with van der Waals surface area (Å²) in [5.41, 5.74) is 3.14. The average molecular weight is 328 g/mol. The quantitative estimate of drug-likeness (QED) is 0.853. The highest BCUT2D eigenvalue weighted by Crippen LogP contribution is 2.32. The first-order chi connectivity index (χ1) is 11.1. The van der Waals surface area contributed by atoms with Crippen LogP contribution in [0, 0.1) is 6.92 Å². The maximum Gasteiger partial charge on any atom is 0.244 e. The molecule has 2 aromatic rings. The number of amides is 1. The zero-order valence-electron chi connectivity index (χ0n) is 12.9. The number of aryl methyl sites for hydroxylation is 1. The second-order valence-corrected chi connectivity index (χ2v) is 6.06. The van der Waals surface area contributed by atoms with Crippen LogP contribution < -0.4 is 10.1 Å². The minimum atomic E-state index is -0.112. The Morgan fingerprint density at radius 2 is 2.04 bits per heavy atom. The van der Waals surface area contributed by atoms with Gasteiger partial charge in [-0.25, -0.2) is 0 Å². The van der Waals surface area contributed by atoms with Crippen molar-refractivity contribution in [3.8, 4) is 5.75 Å². The van der Waals surface area contributed by atoms with Gasteiger partial charge in [0.25, 0.3) is 0 Å². The largest absolute Gasteiger partial charge is 0.493 e. The topological polar surface area (TPSA) is 38.3 Å². The van der Waals surface area contributed by atoms with Gasteiger partial charge in [0.15, 0.2) is 0 Å². The first-order valence-corrected chi connectivity index (χ1v) is 7.97. The van der Waals surface area contributed by atoms with Gasteiger partial charge >= 0.3 is 0 Å². The van der Waals surface area contributed by atoms with Crippen LogP contribution in [0.4, 0.5) is 0 Å². The maximum atomic E-state index is 12.2. The van der Waals surface area contributed by atoms with E-state index < -0.39 is 0 Å². The van der Waals surface area contributed by atoms with Crippen molar-refractivity contribution in [2.24, 2.45) is 0 Å². The lowest BCUT2D eigenvalue weighted by Gasteiger charge is -2.26. The molecule has 0 saturated carbocycles. The number of ether oxygens (including phenoxy) is 1. The lowest BCUT2D eigenvalue weighted by molar-refractivity contribution is -0.117. The van der Waals surface area contributed by atoms with Gasteiger partial charge in [0, 0.05) is 23.1 Å². The highest BCUT2D eigenvalue weighted by atomic mass is 35.5. The molecule has 1 aliphatic heterocycles. The van der Waals surface area contributed by atoms with Gasteiger partial charge in [0.1, 0.15) is 5.75 Å². The summed E-state index contributed by atoms with van der Waals surface area (Å²) in [6.45, 7) is 2.65. The number of nitrogens with one attached hydrogen (secondary N) is 1. The lowest BCUT2D eigenvalue weighted by atomic mass is 9.98. The first-order valence-electron chi connectivity index (χ1n) is 7.59. The fourth-order valence-electron chi connectivity index (χ4n) is 2.63. The summed E-state index contributed by atoms with van der Waals surface area (Å²) in [6, 6.07) is 13.4. The highest BCUT2D eigenvalue weighted by molar-refractivity contribution is 6.30. The third-order valence-electron chi connectivity index (χ3n) is 3.82. The molecule has 0 fully saturated rings. The van der Waals surface area contributed by atoms with Gasteiger partial charge in [-0.05, 0) is 36.8 Å². The van der Waals surface area contributed by atoms with Crippen LogP contribution >= 0.6 is 11.6 Å². The van der Waals surface area contributed by atoms with Crippen LogP contribution in [0.2, 0.25) is 5.02 Å². The van der Waals surface area contributed by atoms with Gasteiger partial charge in [0.2, 0.25) is 5.91 Å². The van der Waals surface area contributed by atoms with Crippen molar-refractivity contribution in [1.82, 2.24) is 5.32 Å². The SMILES string of the molecule is Cc1ccc2c(c1)C(NC(=O)/C=C/c1ccc(Cl)cc1)CCO2. The molecular weight excluding hydrogens is 310 g/mol. The molecule has 2 aromatic carbocycles. The van der Waals surface area contributed by atoms with Crippen molar-refractivity contribution in [3.63, 3.8) is 0 Å². The van der Waals surface area contributed by atoms with Crippen LogP contribution in [0.5, 0.6) is 5.75 Å². The number of carbonyl (C=O) groups is 1. The van der Waals surface area contributed by atoms with E-state index in [0.717, 1.165) is 28.9 Å². The molecule has 0 radical (unpaired) electrons. The fraction of sp³-hybridized carbons (Fsp3) is 0.211. The maximum absolute atomic E-state index is 12.2. The summed E-state index contributed by atoms with van der Waals surface area (Å²) in [4.78, 5) is 12.2. The summed E-state index contributed by atoms with van der Waals surface area (Å²) in [7, 11) is 0. The van der Waals surface area contributed by atoms with E-state index in [1.165, 1.54) is 0 Å². The van der Waals surface area contributed by atoms with Crippen molar-refractivity contribution in [2.75, 3.05) is 6.61 Å². The molecule has 0 bridgehead atoms. The molecule has 1 unspecified atom stereocenters. The Kier molecular flexibility index (Phi) is 4.68. The van der Waals surface area contributed by atoms with E-state index in [0.29, 0.717) is 11.6 Å². The number of halogens is 1. The Balaban J connectivity index is 1.69. The molecule has 118 valence electrons. The van der Waals surface area contributed by atoms with E-state index in [1.807, 2.05) is 31.2 Å². The predicted molar refractivity (Wildman–Crippen MR) is 92.7 cm³/mol. The van der Waals surface area contributed by atoms with Crippen LogP contribution in [0.25, 0.3) is 6.08 Å². The van der Waals surface area contributed by atoms with Crippen molar-refractivity contribution in [1.29, 1.82) is 0 Å². The fourth-order valence-corrected chi connectivity index (χ4v) is 2.76. The molecule has 1 amide bonds. The number of hydrogen-bond acceptors (Lipinski definition) is 2. The molecule has 0 spiro atoms. The minimum Gasteiger partial charge on any atom is -0.493 e. The molecule has 3 nitrogen and oxygen atoms in total. The highest BCUT2D eigenvalue weighted by Gasteiger charge is 2.22. The van der Waals surface area contributed by atoms with Gasteiger partial charge in [-0.1, -0.05) is 41.4 Å². The Labute approximate surface area is 140 Å². The molecule has 1 N–H and O–H groups in total. The van der Waals surface area contributed by atoms with E-state index in [1.54, 1.807) is 24.3 Å². The third kappa shape index (κ3) is 3.93. The Morgan fingerprint density at radius 1 is 1.26 bits per heavy atom. The number of hydrogen-bond donors (Lipinski definition) is 1. The third-order valence-corrected chi connectivity index (χ3v) is 4.07. The summed E-state index contributed by atoms with van der Waals surface area (Å²) in [5, 5.41) is 3.73. The average Bonchev–Trinajstić information content (AvgIpc) is 2.55. The van der Waals surface area contributed by atoms with E-state index in [-0.39, 0.29) is 11.9 Å². The van der Waals surface area contributed by atoms with E-state index in [4.69, 9.17) is 16.3 Å². The number of fused-ring (bicyclic) bond motifs is 1. The summed E-state index contributed by atoms with van der Waals surface area (Å²) >= 11 is 5.85. The molecule has 0 aliphatic carbocycles. The Morgan fingerprint density at radius 3 is 2.83 bits per heavy atom. The molecule has 4 heteroatoms. The van der Waals surface area contributed by atoms with E-state index in [2.05, 4.69) is 11.4 Å². The minimum absolute atomic E-state index is 0.0129. The van der Waals surface area contributed by atoms with Gasteiger partial charge < -0.3 is 10.1 Å². The number of rotatable bonds is 3. The summed E-state index contributed by atoms with van der Waals surface area (Å²) in [5.74, 6) is 0.744. The van der Waals surface area contributed by atoms with Gasteiger partial charge in [0.05, 0.1) is 12.6 Å². The molecule has 1 heterocycles. The number of carbonyl (C=O) groups excluding carboxylic acids is 1. The first kappa shape index (κ1) is 15.6. The summed E-state index contributed by atoms with van der Waals surface area (Å²) in [6.07, 6.45) is 4.10. The molecule has 3 rings (SSSR count). The van der Waals surface area contributed by atoms with Crippen molar-refractivity contribution < 1.29 is 9.53 Å². The van der Waals surface area contributed by atoms with Crippen LogP contribution in [0.3, 0.4) is 0 Å². The molecule has 0 saturated heterocycles. The zero-order chi connectivity index (χ0) is 16.2.